The Morgan fingerprint density at radius 1 is 1.27 bits per heavy atom. The monoisotopic (exact) mass is 320 g/mol. The van der Waals surface area contributed by atoms with Gasteiger partial charge in [0.25, 0.3) is 0 Å². The minimum absolute atomic E-state index is 0.0795. The van der Waals surface area contributed by atoms with Crippen molar-refractivity contribution in [2.24, 2.45) is 0 Å². The van der Waals surface area contributed by atoms with Gasteiger partial charge in [-0.05, 0) is 29.8 Å². The molecular weight excluding hydrogens is 304 g/mol. The van der Waals surface area contributed by atoms with Crippen molar-refractivity contribution in [1.82, 2.24) is 5.32 Å². The van der Waals surface area contributed by atoms with Crippen molar-refractivity contribution in [2.45, 2.75) is 6.10 Å². The highest BCUT2D eigenvalue weighted by atomic mass is 35.5. The zero-order valence-electron chi connectivity index (χ0n) is 12.0. The Morgan fingerprint density at radius 2 is 2.05 bits per heavy atom. The van der Waals surface area contributed by atoms with Crippen LogP contribution in [0.25, 0.3) is 0 Å². The van der Waals surface area contributed by atoms with Gasteiger partial charge in [-0.2, -0.15) is 0 Å². The molecule has 2 amide bonds. The second-order valence-corrected chi connectivity index (χ2v) is 5.07. The molecule has 2 aromatic carbocycles. The van der Waals surface area contributed by atoms with E-state index in [0.29, 0.717) is 22.0 Å². The van der Waals surface area contributed by atoms with Crippen molar-refractivity contribution in [1.29, 1.82) is 0 Å². The summed E-state index contributed by atoms with van der Waals surface area (Å²) < 4.78 is 5.08. The quantitative estimate of drug-likeness (QED) is 0.792. The Labute approximate surface area is 133 Å². The molecule has 5 nitrogen and oxygen atoms in total. The van der Waals surface area contributed by atoms with Crippen molar-refractivity contribution in [3.8, 4) is 5.75 Å². The number of anilines is 1. The van der Waals surface area contributed by atoms with E-state index in [9.17, 15) is 9.90 Å². The van der Waals surface area contributed by atoms with Gasteiger partial charge in [-0.1, -0.05) is 29.8 Å². The van der Waals surface area contributed by atoms with Crippen LogP contribution in [-0.4, -0.2) is 24.8 Å². The van der Waals surface area contributed by atoms with E-state index in [0.717, 1.165) is 0 Å². The Hall–Kier alpha value is -2.24. The Morgan fingerprint density at radius 3 is 2.77 bits per heavy atom. The fraction of sp³-hybridized carbons (Fsp3) is 0.188. The second-order valence-electron chi connectivity index (χ2n) is 4.64. The maximum atomic E-state index is 11.8. The van der Waals surface area contributed by atoms with Gasteiger partial charge in [0.1, 0.15) is 5.75 Å². The first-order valence-corrected chi connectivity index (χ1v) is 7.08. The molecule has 0 aliphatic heterocycles. The summed E-state index contributed by atoms with van der Waals surface area (Å²) >= 11 is 5.86. The molecule has 2 rings (SSSR count). The smallest absolute Gasteiger partial charge is 0.319 e. The number of carbonyl (C=O) groups is 1. The maximum absolute atomic E-state index is 11.8. The van der Waals surface area contributed by atoms with Gasteiger partial charge < -0.3 is 20.5 Å². The van der Waals surface area contributed by atoms with Crippen molar-refractivity contribution in [3.05, 3.63) is 59.1 Å². The van der Waals surface area contributed by atoms with Gasteiger partial charge in [0.15, 0.2) is 0 Å². The number of nitrogens with one attached hydrogen (secondary N) is 2. The highest BCUT2D eigenvalue weighted by Crippen LogP contribution is 2.18. The van der Waals surface area contributed by atoms with E-state index < -0.39 is 12.1 Å². The first kappa shape index (κ1) is 16.1. The number of methoxy groups -OCH3 is 1. The summed E-state index contributed by atoms with van der Waals surface area (Å²) in [4.78, 5) is 11.8. The van der Waals surface area contributed by atoms with E-state index in [4.69, 9.17) is 16.3 Å². The molecule has 3 N–H and O–H groups in total. The summed E-state index contributed by atoms with van der Waals surface area (Å²) in [6, 6.07) is 13.5. The minimum atomic E-state index is -0.824. The molecule has 0 aliphatic rings. The molecule has 0 radical (unpaired) electrons. The molecular formula is C16H17ClN2O3. The lowest BCUT2D eigenvalue weighted by Crippen LogP contribution is -2.32. The lowest BCUT2D eigenvalue weighted by Gasteiger charge is -2.13. The van der Waals surface area contributed by atoms with Crippen LogP contribution in [0.2, 0.25) is 5.02 Å². The Balaban J connectivity index is 1.87. The number of halogens is 1. The average molecular weight is 321 g/mol. The number of urea groups is 1. The predicted octanol–water partition coefficient (Wildman–Crippen LogP) is 3.20. The zero-order valence-corrected chi connectivity index (χ0v) is 12.8. The van der Waals surface area contributed by atoms with Gasteiger partial charge >= 0.3 is 6.03 Å². The fourth-order valence-corrected chi connectivity index (χ4v) is 2.10. The van der Waals surface area contributed by atoms with Crippen LogP contribution < -0.4 is 15.4 Å². The molecule has 0 saturated heterocycles. The standard InChI is InChI=1S/C16H17ClN2O3/c1-22-14-7-3-6-13(9-14)19-16(21)18-10-15(20)11-4-2-5-12(17)8-11/h2-9,15,20H,10H2,1H3,(H2,18,19,21)/t15-/m0/s1. The summed E-state index contributed by atoms with van der Waals surface area (Å²) in [5, 5.41) is 15.8. The highest BCUT2D eigenvalue weighted by molar-refractivity contribution is 6.30. The van der Waals surface area contributed by atoms with Gasteiger partial charge in [0.05, 0.1) is 13.2 Å². The van der Waals surface area contributed by atoms with E-state index in [-0.39, 0.29) is 6.54 Å². The Bertz CT molecular complexity index is 649. The topological polar surface area (TPSA) is 70.6 Å². The minimum Gasteiger partial charge on any atom is -0.497 e. The first-order valence-electron chi connectivity index (χ1n) is 6.71. The third-order valence-electron chi connectivity index (χ3n) is 3.02. The van der Waals surface area contributed by atoms with Crippen LogP contribution in [-0.2, 0) is 0 Å². The van der Waals surface area contributed by atoms with Crippen molar-refractivity contribution in [3.63, 3.8) is 0 Å². The van der Waals surface area contributed by atoms with E-state index in [1.54, 1.807) is 55.6 Å². The summed E-state index contributed by atoms with van der Waals surface area (Å²) in [6.07, 6.45) is -0.824. The summed E-state index contributed by atoms with van der Waals surface area (Å²) in [6.45, 7) is 0.0795. The van der Waals surface area contributed by atoms with E-state index in [1.807, 2.05) is 0 Å². The number of carbonyl (C=O) groups excluding carboxylic acids is 1. The van der Waals surface area contributed by atoms with Crippen molar-refractivity contribution >= 4 is 23.3 Å². The molecule has 0 bridgehead atoms. The molecule has 1 atom stereocenters. The normalized spacial score (nSPS) is 11.6. The molecule has 0 unspecified atom stereocenters. The summed E-state index contributed by atoms with van der Waals surface area (Å²) in [5.41, 5.74) is 1.25. The third-order valence-corrected chi connectivity index (χ3v) is 3.25. The molecule has 22 heavy (non-hydrogen) atoms. The van der Waals surface area contributed by atoms with Crippen molar-refractivity contribution < 1.29 is 14.6 Å². The van der Waals surface area contributed by atoms with Crippen LogP contribution in [0.1, 0.15) is 11.7 Å². The molecule has 0 saturated carbocycles. The summed E-state index contributed by atoms with van der Waals surface area (Å²) in [7, 11) is 1.56. The number of rotatable bonds is 5. The second kappa shape index (κ2) is 7.68. The van der Waals surface area contributed by atoms with E-state index >= 15 is 0 Å². The number of aliphatic hydroxyl groups excluding tert-OH is 1. The number of ether oxygens (including phenoxy) is 1. The zero-order chi connectivity index (χ0) is 15.9. The molecule has 0 aliphatic carbocycles. The number of hydrogen-bond acceptors (Lipinski definition) is 3. The van der Waals surface area contributed by atoms with Crippen LogP contribution in [0.5, 0.6) is 5.75 Å². The highest BCUT2D eigenvalue weighted by Gasteiger charge is 2.10. The fourth-order valence-electron chi connectivity index (χ4n) is 1.90. The number of aliphatic hydroxyl groups is 1. The predicted molar refractivity (Wildman–Crippen MR) is 86.4 cm³/mol. The Kier molecular flexibility index (Phi) is 5.63. The van der Waals surface area contributed by atoms with Gasteiger partial charge in [0.2, 0.25) is 0 Å². The third kappa shape index (κ3) is 4.65. The molecule has 0 spiro atoms. The van der Waals surface area contributed by atoms with E-state index in [2.05, 4.69) is 10.6 Å². The van der Waals surface area contributed by atoms with Crippen LogP contribution in [0, 0.1) is 0 Å². The first-order chi connectivity index (χ1) is 10.6. The van der Waals surface area contributed by atoms with Gasteiger partial charge in [-0.3, -0.25) is 0 Å². The maximum Gasteiger partial charge on any atom is 0.319 e. The lowest BCUT2D eigenvalue weighted by atomic mass is 10.1. The molecule has 6 heteroatoms. The van der Waals surface area contributed by atoms with Crippen LogP contribution in [0.4, 0.5) is 10.5 Å². The molecule has 2 aromatic rings. The number of benzene rings is 2. The summed E-state index contributed by atoms with van der Waals surface area (Å²) in [5.74, 6) is 0.650. The van der Waals surface area contributed by atoms with Crippen LogP contribution in [0.3, 0.4) is 0 Å². The van der Waals surface area contributed by atoms with Crippen molar-refractivity contribution in [2.75, 3.05) is 19.0 Å². The average Bonchev–Trinajstić information content (AvgIpc) is 2.52. The largest absolute Gasteiger partial charge is 0.497 e. The lowest BCUT2D eigenvalue weighted by molar-refractivity contribution is 0.175. The van der Waals surface area contributed by atoms with E-state index in [1.165, 1.54) is 0 Å². The van der Waals surface area contributed by atoms with Crippen LogP contribution in [0.15, 0.2) is 48.5 Å². The SMILES string of the molecule is COc1cccc(NC(=O)NC[C@H](O)c2cccc(Cl)c2)c1. The van der Waals surface area contributed by atoms with Crippen LogP contribution >= 0.6 is 11.6 Å². The number of hydrogen-bond donors (Lipinski definition) is 3. The molecule has 0 fully saturated rings. The molecule has 116 valence electrons. The number of amides is 2. The molecule has 0 heterocycles. The van der Waals surface area contributed by atoms with Gasteiger partial charge in [-0.15, -0.1) is 0 Å². The molecule has 0 aromatic heterocycles. The van der Waals surface area contributed by atoms with Gasteiger partial charge in [0, 0.05) is 23.3 Å². The van der Waals surface area contributed by atoms with Gasteiger partial charge in [-0.25, -0.2) is 4.79 Å².